The van der Waals surface area contributed by atoms with Gasteiger partial charge in [0.2, 0.25) is 11.7 Å². The Labute approximate surface area is 283 Å². The minimum absolute atomic E-state index is 0.174. The van der Waals surface area contributed by atoms with Crippen LogP contribution >= 0.6 is 23.4 Å². The maximum atomic E-state index is 12.4. The summed E-state index contributed by atoms with van der Waals surface area (Å²) in [5.74, 6) is 1.37. The number of imide groups is 1. The van der Waals surface area contributed by atoms with Crippen molar-refractivity contribution in [1.29, 1.82) is 5.26 Å². The number of hydrogen-bond acceptors (Lipinski definition) is 13. The lowest BCUT2D eigenvalue weighted by Gasteiger charge is -2.16. The highest BCUT2D eigenvalue weighted by atomic mass is 35.5. The van der Waals surface area contributed by atoms with Crippen LogP contribution in [0, 0.1) is 11.3 Å². The van der Waals surface area contributed by atoms with E-state index in [1.165, 1.54) is 44.0 Å². The van der Waals surface area contributed by atoms with Crippen molar-refractivity contribution in [2.24, 2.45) is 0 Å². The largest absolute Gasteiger partial charge is 0.493 e. The first-order valence-corrected chi connectivity index (χ1v) is 15.3. The average Bonchev–Trinajstić information content (AvgIpc) is 3.54. The number of nitrogens with zero attached hydrogens (tertiary/aromatic N) is 7. The topological polar surface area (TPSA) is 191 Å². The zero-order valence-electron chi connectivity index (χ0n) is 25.7. The molecule has 0 saturated heterocycles. The molecule has 5 aromatic rings. The second-order valence-corrected chi connectivity index (χ2v) is 11.0. The number of thioether (sulfide) groups is 1. The van der Waals surface area contributed by atoms with Crippen LogP contribution in [0.5, 0.6) is 17.2 Å². The van der Waals surface area contributed by atoms with E-state index in [2.05, 4.69) is 42.3 Å². The summed E-state index contributed by atoms with van der Waals surface area (Å²) in [7, 11) is 4.49. The first kappa shape index (κ1) is 33.4. The molecule has 244 valence electrons. The van der Waals surface area contributed by atoms with Crippen LogP contribution in [0.2, 0.25) is 5.02 Å². The summed E-state index contributed by atoms with van der Waals surface area (Å²) >= 11 is 7.30. The van der Waals surface area contributed by atoms with E-state index in [9.17, 15) is 14.9 Å². The molecule has 0 aliphatic heterocycles. The Morgan fingerprint density at radius 3 is 2.42 bits per heavy atom. The summed E-state index contributed by atoms with van der Waals surface area (Å²) in [4.78, 5) is 37.9. The van der Waals surface area contributed by atoms with Gasteiger partial charge in [-0.15, -0.1) is 5.10 Å². The number of hydrogen-bond donors (Lipinski definition) is 3. The summed E-state index contributed by atoms with van der Waals surface area (Å²) in [5, 5.41) is 27.1. The molecule has 0 atom stereocenters. The van der Waals surface area contributed by atoms with Crippen LogP contribution in [0.3, 0.4) is 0 Å². The molecule has 17 heteroatoms. The predicted molar refractivity (Wildman–Crippen MR) is 178 cm³/mol. The molecule has 48 heavy (non-hydrogen) atoms. The smallest absolute Gasteiger partial charge is 0.327 e. The molecule has 0 fully saturated rings. The van der Waals surface area contributed by atoms with E-state index < -0.39 is 11.9 Å². The van der Waals surface area contributed by atoms with Crippen LogP contribution in [0.25, 0.3) is 11.3 Å². The summed E-state index contributed by atoms with van der Waals surface area (Å²) in [6.07, 6.45) is 3.08. The fraction of sp³-hybridized carbons (Fsp3) is 0.161. The molecule has 5 rings (SSSR count). The summed E-state index contributed by atoms with van der Waals surface area (Å²) in [6.45, 7) is -0.249. The van der Waals surface area contributed by atoms with Gasteiger partial charge in [0.25, 0.3) is 0 Å². The van der Waals surface area contributed by atoms with Crippen LogP contribution in [0.15, 0.2) is 72.1 Å². The van der Waals surface area contributed by atoms with Gasteiger partial charge in [0, 0.05) is 34.4 Å². The first-order valence-electron chi connectivity index (χ1n) is 14.0. The predicted octanol–water partition coefficient (Wildman–Crippen LogP) is 5.07. The van der Waals surface area contributed by atoms with Gasteiger partial charge in [-0.2, -0.15) is 5.26 Å². The third-order valence-corrected chi connectivity index (χ3v) is 7.58. The SMILES string of the molecule is COc1cc(-c2nc(SCc3cn(CC(=O)NC(=O)Nc4ccccn4)nn3)nc(Nc3ccc(Cl)cc3)c2C#N)cc(OC)c1OC. The zero-order chi connectivity index (χ0) is 34.0. The lowest BCUT2D eigenvalue weighted by atomic mass is 10.1. The zero-order valence-corrected chi connectivity index (χ0v) is 27.3. The van der Waals surface area contributed by atoms with Gasteiger partial charge in [0.1, 0.15) is 24.0 Å². The second-order valence-electron chi connectivity index (χ2n) is 9.65. The van der Waals surface area contributed by atoms with Gasteiger partial charge in [-0.1, -0.05) is 34.6 Å². The molecule has 3 heterocycles. The lowest BCUT2D eigenvalue weighted by molar-refractivity contribution is -0.120. The van der Waals surface area contributed by atoms with Crippen molar-refractivity contribution in [2.75, 3.05) is 32.0 Å². The van der Waals surface area contributed by atoms with Gasteiger partial charge in [-0.25, -0.2) is 24.4 Å². The third-order valence-electron chi connectivity index (χ3n) is 6.45. The fourth-order valence-corrected chi connectivity index (χ4v) is 5.16. The highest BCUT2D eigenvalue weighted by molar-refractivity contribution is 7.98. The summed E-state index contributed by atoms with van der Waals surface area (Å²) in [6, 6.07) is 16.8. The number of anilines is 3. The second kappa shape index (κ2) is 15.6. The molecule has 3 aromatic heterocycles. The molecule has 0 aliphatic carbocycles. The summed E-state index contributed by atoms with van der Waals surface area (Å²) in [5.41, 5.74) is 2.17. The maximum Gasteiger partial charge on any atom is 0.327 e. The normalized spacial score (nSPS) is 10.5. The van der Waals surface area contributed by atoms with E-state index in [4.69, 9.17) is 30.8 Å². The van der Waals surface area contributed by atoms with Crippen molar-refractivity contribution in [1.82, 2.24) is 35.3 Å². The van der Waals surface area contributed by atoms with Crippen molar-refractivity contribution >= 4 is 52.6 Å². The quantitative estimate of drug-likeness (QED) is 0.117. The van der Waals surface area contributed by atoms with Gasteiger partial charge in [0.15, 0.2) is 22.5 Å². The first-order chi connectivity index (χ1) is 23.3. The van der Waals surface area contributed by atoms with Gasteiger partial charge in [-0.05, 0) is 48.5 Å². The van der Waals surface area contributed by atoms with Crippen molar-refractivity contribution in [3.63, 3.8) is 0 Å². The van der Waals surface area contributed by atoms with E-state index in [1.807, 2.05) is 0 Å². The molecule has 15 nitrogen and oxygen atoms in total. The number of carbonyl (C=O) groups is 2. The average molecular weight is 687 g/mol. The molecule has 3 N–H and O–H groups in total. The molecule has 3 amide bonds. The van der Waals surface area contributed by atoms with Crippen molar-refractivity contribution in [3.8, 4) is 34.6 Å². The van der Waals surface area contributed by atoms with E-state index >= 15 is 0 Å². The van der Waals surface area contributed by atoms with Gasteiger partial charge in [0.05, 0.1) is 32.7 Å². The number of halogens is 1. The molecule has 0 unspecified atom stereocenters. The molecular weight excluding hydrogens is 660 g/mol. The van der Waals surface area contributed by atoms with Crippen molar-refractivity contribution < 1.29 is 23.8 Å². The Morgan fingerprint density at radius 2 is 1.77 bits per heavy atom. The summed E-state index contributed by atoms with van der Waals surface area (Å²) < 4.78 is 17.8. The Morgan fingerprint density at radius 1 is 1.02 bits per heavy atom. The molecular formula is C31H27ClN10O5S. The number of benzene rings is 2. The lowest BCUT2D eigenvalue weighted by Crippen LogP contribution is -2.36. The van der Waals surface area contributed by atoms with E-state index in [-0.39, 0.29) is 23.7 Å². The van der Waals surface area contributed by atoms with E-state index in [0.29, 0.717) is 55.9 Å². The van der Waals surface area contributed by atoms with Gasteiger partial charge in [-0.3, -0.25) is 15.4 Å². The number of rotatable bonds is 12. The van der Waals surface area contributed by atoms with Crippen LogP contribution in [-0.4, -0.2) is 63.2 Å². The molecule has 0 bridgehead atoms. The minimum Gasteiger partial charge on any atom is -0.493 e. The highest BCUT2D eigenvalue weighted by Crippen LogP contribution is 2.42. The number of amides is 3. The number of nitrogens with one attached hydrogen (secondary N) is 3. The maximum absolute atomic E-state index is 12.4. The van der Waals surface area contributed by atoms with Gasteiger partial charge >= 0.3 is 6.03 Å². The Balaban J connectivity index is 1.38. The van der Waals surface area contributed by atoms with Crippen molar-refractivity contribution in [2.45, 2.75) is 17.5 Å². The number of urea groups is 1. The number of nitriles is 1. The number of methoxy groups -OCH3 is 3. The molecule has 0 saturated carbocycles. The fourth-order valence-electron chi connectivity index (χ4n) is 4.32. The third kappa shape index (κ3) is 8.26. The molecule has 0 radical (unpaired) electrons. The molecule has 0 spiro atoms. The molecule has 2 aromatic carbocycles. The van der Waals surface area contributed by atoms with E-state index in [0.717, 1.165) is 0 Å². The standard InChI is InChI=1S/C31H27ClN10O5S/c1-45-23-12-18(13-24(46-2)28(23)47-3)27-22(14-33)29(35-20-9-7-19(32)8-10-20)39-31(38-27)48-17-21-15-42(41-40-21)16-26(43)37-30(44)36-25-6-4-5-11-34-25/h4-13,15H,16-17H2,1-3H3,(H,35,38,39)(H2,34,36,37,43,44). The van der Waals surface area contributed by atoms with Crippen LogP contribution in [-0.2, 0) is 17.1 Å². The number of carbonyl (C=O) groups excluding carboxylic acids is 2. The van der Waals surface area contributed by atoms with Gasteiger partial charge < -0.3 is 19.5 Å². The Hall–Kier alpha value is -5.92. The van der Waals surface area contributed by atoms with Crippen LogP contribution in [0.1, 0.15) is 11.3 Å². The Bertz CT molecular complexity index is 1940. The number of pyridine rings is 1. The Kier molecular flexibility index (Phi) is 10.9. The highest BCUT2D eigenvalue weighted by Gasteiger charge is 2.22. The number of aromatic nitrogens is 6. The number of ether oxygens (including phenoxy) is 3. The van der Waals surface area contributed by atoms with Crippen LogP contribution < -0.4 is 30.2 Å². The minimum atomic E-state index is -0.724. The monoisotopic (exact) mass is 686 g/mol. The van der Waals surface area contributed by atoms with E-state index in [1.54, 1.807) is 60.8 Å². The molecule has 0 aliphatic rings. The van der Waals surface area contributed by atoms with Crippen molar-refractivity contribution in [3.05, 3.63) is 83.3 Å². The van der Waals surface area contributed by atoms with Crippen LogP contribution in [0.4, 0.5) is 22.1 Å².